The highest BCUT2D eigenvalue weighted by Gasteiger charge is 2.29. The highest BCUT2D eigenvalue weighted by atomic mass is 19.1. The van der Waals surface area contributed by atoms with Crippen LogP contribution in [0.5, 0.6) is 0 Å². The van der Waals surface area contributed by atoms with Crippen LogP contribution in [0.3, 0.4) is 0 Å². The molecule has 0 aliphatic heterocycles. The summed E-state index contributed by atoms with van der Waals surface area (Å²) in [5.41, 5.74) is 0.212. The van der Waals surface area contributed by atoms with E-state index in [9.17, 15) is 23.6 Å². The smallest absolute Gasteiger partial charge is 0.328 e. The lowest BCUT2D eigenvalue weighted by molar-refractivity contribution is -0.151. The average Bonchev–Trinajstić information content (AvgIpc) is 2.60. The molecule has 0 fully saturated rings. The Morgan fingerprint density at radius 1 is 1.04 bits per heavy atom. The van der Waals surface area contributed by atoms with Crippen LogP contribution < -0.4 is 10.6 Å². The van der Waals surface area contributed by atoms with Gasteiger partial charge in [0, 0.05) is 13.3 Å². The summed E-state index contributed by atoms with van der Waals surface area (Å²) in [4.78, 5) is 47.0. The standard InChI is InChI=1S/C17H21FN2O6/c1-10(21)19-13(8-11-6-4-5-7-12(11)18)16(23)20-14(17(24)26-3)9-15(22)25-2/h4-7,13-14H,8-9H2,1-3H3,(H,19,21)(H,20,23)/t13-,14+/m1/s1. The number of amides is 2. The number of hydrogen-bond acceptors (Lipinski definition) is 6. The fourth-order valence-corrected chi connectivity index (χ4v) is 2.20. The van der Waals surface area contributed by atoms with Crippen molar-refractivity contribution in [2.24, 2.45) is 0 Å². The van der Waals surface area contributed by atoms with E-state index in [1.165, 1.54) is 25.1 Å². The fraction of sp³-hybridized carbons (Fsp3) is 0.412. The molecule has 2 N–H and O–H groups in total. The summed E-state index contributed by atoms with van der Waals surface area (Å²) in [6.07, 6.45) is -0.578. The molecule has 0 aliphatic rings. The van der Waals surface area contributed by atoms with E-state index in [-0.39, 0.29) is 12.0 Å². The molecule has 0 spiro atoms. The Balaban J connectivity index is 2.95. The third-order valence-corrected chi connectivity index (χ3v) is 3.48. The first kappa shape index (κ1) is 21.1. The molecule has 26 heavy (non-hydrogen) atoms. The van der Waals surface area contributed by atoms with Crippen molar-refractivity contribution in [3.63, 3.8) is 0 Å². The van der Waals surface area contributed by atoms with Gasteiger partial charge < -0.3 is 20.1 Å². The molecule has 0 aliphatic carbocycles. The number of esters is 2. The fourth-order valence-electron chi connectivity index (χ4n) is 2.20. The van der Waals surface area contributed by atoms with E-state index in [4.69, 9.17) is 0 Å². The summed E-state index contributed by atoms with van der Waals surface area (Å²) >= 11 is 0. The van der Waals surface area contributed by atoms with Crippen molar-refractivity contribution in [2.75, 3.05) is 14.2 Å². The number of benzene rings is 1. The van der Waals surface area contributed by atoms with Crippen molar-refractivity contribution < 1.29 is 33.0 Å². The summed E-state index contributed by atoms with van der Waals surface area (Å²) in [6, 6.07) is 3.35. The van der Waals surface area contributed by atoms with E-state index in [0.717, 1.165) is 14.2 Å². The minimum absolute atomic E-state index is 0.135. The zero-order valence-electron chi connectivity index (χ0n) is 14.7. The number of halogens is 1. The lowest BCUT2D eigenvalue weighted by Crippen LogP contribution is -2.53. The number of methoxy groups -OCH3 is 2. The SMILES string of the molecule is COC(=O)C[C@H](NC(=O)[C@@H](Cc1ccccc1F)NC(C)=O)C(=O)OC. The second-order valence-corrected chi connectivity index (χ2v) is 5.41. The van der Waals surface area contributed by atoms with Gasteiger partial charge in [-0.2, -0.15) is 0 Å². The van der Waals surface area contributed by atoms with Crippen molar-refractivity contribution >= 4 is 23.8 Å². The topological polar surface area (TPSA) is 111 Å². The predicted molar refractivity (Wildman–Crippen MR) is 88.3 cm³/mol. The van der Waals surface area contributed by atoms with Crippen LogP contribution in [0.4, 0.5) is 4.39 Å². The van der Waals surface area contributed by atoms with Crippen LogP contribution in [0.1, 0.15) is 18.9 Å². The second-order valence-electron chi connectivity index (χ2n) is 5.41. The van der Waals surface area contributed by atoms with Crippen LogP contribution in [0, 0.1) is 5.82 Å². The highest BCUT2D eigenvalue weighted by molar-refractivity contribution is 5.92. The maximum Gasteiger partial charge on any atom is 0.328 e. The summed E-state index contributed by atoms with van der Waals surface area (Å²) in [6.45, 7) is 1.20. The molecule has 0 aromatic heterocycles. The summed E-state index contributed by atoms with van der Waals surface area (Å²) in [5.74, 6) is -3.39. The Labute approximate surface area is 150 Å². The van der Waals surface area contributed by atoms with E-state index < -0.39 is 48.1 Å². The highest BCUT2D eigenvalue weighted by Crippen LogP contribution is 2.10. The van der Waals surface area contributed by atoms with Crippen LogP contribution in [0.25, 0.3) is 0 Å². The van der Waals surface area contributed by atoms with Crippen molar-refractivity contribution in [3.05, 3.63) is 35.6 Å². The van der Waals surface area contributed by atoms with Gasteiger partial charge >= 0.3 is 11.9 Å². The normalized spacial score (nSPS) is 12.5. The molecule has 1 aromatic rings. The van der Waals surface area contributed by atoms with Crippen molar-refractivity contribution in [1.29, 1.82) is 0 Å². The number of nitrogens with one attached hydrogen (secondary N) is 2. The zero-order valence-corrected chi connectivity index (χ0v) is 14.7. The van der Waals surface area contributed by atoms with Crippen molar-refractivity contribution in [1.82, 2.24) is 10.6 Å². The molecule has 142 valence electrons. The molecule has 2 amide bonds. The van der Waals surface area contributed by atoms with Crippen LogP contribution >= 0.6 is 0 Å². The molecule has 1 aromatic carbocycles. The number of rotatable bonds is 8. The van der Waals surface area contributed by atoms with Gasteiger partial charge in [0.15, 0.2) is 0 Å². The Hall–Kier alpha value is -2.97. The summed E-state index contributed by atoms with van der Waals surface area (Å²) in [7, 11) is 2.24. The molecule has 0 heterocycles. The van der Waals surface area contributed by atoms with Gasteiger partial charge in [-0.1, -0.05) is 18.2 Å². The van der Waals surface area contributed by atoms with Gasteiger partial charge in [-0.3, -0.25) is 14.4 Å². The van der Waals surface area contributed by atoms with Gasteiger partial charge in [-0.15, -0.1) is 0 Å². The average molecular weight is 368 g/mol. The number of ether oxygens (including phenoxy) is 2. The molecule has 1 rings (SSSR count). The first-order valence-electron chi connectivity index (χ1n) is 7.74. The number of carbonyl (C=O) groups is 4. The molecule has 0 saturated carbocycles. The van der Waals surface area contributed by atoms with E-state index >= 15 is 0 Å². The minimum Gasteiger partial charge on any atom is -0.469 e. The van der Waals surface area contributed by atoms with Gasteiger partial charge in [-0.25, -0.2) is 9.18 Å². The van der Waals surface area contributed by atoms with Gasteiger partial charge in [0.25, 0.3) is 0 Å². The molecule has 2 atom stereocenters. The quantitative estimate of drug-likeness (QED) is 0.630. The van der Waals surface area contributed by atoms with Crippen molar-refractivity contribution in [3.8, 4) is 0 Å². The van der Waals surface area contributed by atoms with Gasteiger partial charge in [0.2, 0.25) is 11.8 Å². The lowest BCUT2D eigenvalue weighted by atomic mass is 10.0. The zero-order chi connectivity index (χ0) is 19.7. The predicted octanol–water partition coefficient (Wildman–Crippen LogP) is 0.0938. The Kier molecular flexibility index (Phi) is 8.20. The molecule has 9 heteroatoms. The lowest BCUT2D eigenvalue weighted by Gasteiger charge is -2.21. The van der Waals surface area contributed by atoms with Crippen LogP contribution in [0.15, 0.2) is 24.3 Å². The van der Waals surface area contributed by atoms with Crippen LogP contribution in [-0.2, 0) is 35.1 Å². The minimum atomic E-state index is -1.29. The van der Waals surface area contributed by atoms with E-state index in [2.05, 4.69) is 20.1 Å². The van der Waals surface area contributed by atoms with Gasteiger partial charge in [0.1, 0.15) is 17.9 Å². The molecular formula is C17H21FN2O6. The van der Waals surface area contributed by atoms with Crippen molar-refractivity contribution in [2.45, 2.75) is 31.8 Å². The number of carbonyl (C=O) groups excluding carboxylic acids is 4. The molecule has 0 unspecified atom stereocenters. The van der Waals surface area contributed by atoms with E-state index in [1.54, 1.807) is 6.07 Å². The van der Waals surface area contributed by atoms with Gasteiger partial charge in [0.05, 0.1) is 20.6 Å². The molecule has 0 saturated heterocycles. The molecule has 8 nitrogen and oxygen atoms in total. The van der Waals surface area contributed by atoms with Crippen LogP contribution in [-0.4, -0.2) is 50.1 Å². The van der Waals surface area contributed by atoms with E-state index in [1.807, 2.05) is 0 Å². The Morgan fingerprint density at radius 2 is 1.69 bits per heavy atom. The maximum atomic E-state index is 13.8. The Morgan fingerprint density at radius 3 is 2.23 bits per heavy atom. The maximum absolute atomic E-state index is 13.8. The second kappa shape index (κ2) is 10.1. The summed E-state index contributed by atoms with van der Waals surface area (Å²) < 4.78 is 22.9. The largest absolute Gasteiger partial charge is 0.469 e. The van der Waals surface area contributed by atoms with E-state index in [0.29, 0.717) is 0 Å². The first-order valence-corrected chi connectivity index (χ1v) is 7.74. The summed E-state index contributed by atoms with van der Waals surface area (Å²) in [5, 5.41) is 4.73. The molecular weight excluding hydrogens is 347 g/mol. The molecule has 0 radical (unpaired) electrons. The first-order chi connectivity index (χ1) is 12.3. The molecule has 0 bridgehead atoms. The number of hydrogen-bond donors (Lipinski definition) is 2. The Bertz CT molecular complexity index is 679. The third kappa shape index (κ3) is 6.50. The van der Waals surface area contributed by atoms with Crippen LogP contribution in [0.2, 0.25) is 0 Å². The van der Waals surface area contributed by atoms with Gasteiger partial charge in [-0.05, 0) is 11.6 Å². The third-order valence-electron chi connectivity index (χ3n) is 3.48. The monoisotopic (exact) mass is 368 g/mol.